The number of carbonyl (C=O) groups excluding carboxylic acids is 1. The standard InChI is InChI=1S/C17H14ClN3O4S/c1-25-17(22)12-7-8-13(18)16(11-12)26(23,24)20-14-5-2-3-6-15(14)21-10-4-9-19-21/h2-11,20H,1H3. The first-order chi connectivity index (χ1) is 12.4. The van der Waals surface area contributed by atoms with Crippen LogP contribution in [0.15, 0.2) is 65.8 Å². The second-order valence-electron chi connectivity index (χ2n) is 5.21. The highest BCUT2D eigenvalue weighted by Gasteiger charge is 2.22. The summed E-state index contributed by atoms with van der Waals surface area (Å²) in [5, 5.41) is 4.10. The highest BCUT2D eigenvalue weighted by Crippen LogP contribution is 2.27. The lowest BCUT2D eigenvalue weighted by Crippen LogP contribution is -2.16. The number of esters is 1. The fraction of sp³-hybridized carbons (Fsp3) is 0.0588. The van der Waals surface area contributed by atoms with E-state index in [2.05, 4.69) is 14.6 Å². The highest BCUT2D eigenvalue weighted by atomic mass is 35.5. The zero-order chi connectivity index (χ0) is 18.7. The molecule has 0 atom stereocenters. The van der Waals surface area contributed by atoms with Gasteiger partial charge in [0.2, 0.25) is 0 Å². The average Bonchev–Trinajstić information content (AvgIpc) is 3.16. The number of methoxy groups -OCH3 is 1. The van der Waals surface area contributed by atoms with E-state index in [1.54, 1.807) is 42.7 Å². The minimum absolute atomic E-state index is 0.0123. The van der Waals surface area contributed by atoms with Crippen LogP contribution in [-0.4, -0.2) is 31.3 Å². The van der Waals surface area contributed by atoms with Crippen LogP contribution in [-0.2, 0) is 14.8 Å². The van der Waals surface area contributed by atoms with Gasteiger partial charge in [-0.15, -0.1) is 0 Å². The Hall–Kier alpha value is -2.84. The summed E-state index contributed by atoms with van der Waals surface area (Å²) in [7, 11) is -2.84. The molecule has 2 aromatic carbocycles. The summed E-state index contributed by atoms with van der Waals surface area (Å²) in [5.74, 6) is -0.657. The number of rotatable bonds is 5. The molecule has 0 radical (unpaired) electrons. The summed E-state index contributed by atoms with van der Waals surface area (Å²) in [6.45, 7) is 0. The first-order valence-corrected chi connectivity index (χ1v) is 9.28. The Balaban J connectivity index is 2.03. The largest absolute Gasteiger partial charge is 0.465 e. The molecule has 26 heavy (non-hydrogen) atoms. The van der Waals surface area contributed by atoms with E-state index in [-0.39, 0.29) is 15.5 Å². The number of halogens is 1. The fourth-order valence-corrected chi connectivity index (χ4v) is 3.93. The number of aromatic nitrogens is 2. The van der Waals surface area contributed by atoms with E-state index in [0.717, 1.165) is 0 Å². The molecule has 0 bridgehead atoms. The van der Waals surface area contributed by atoms with E-state index in [9.17, 15) is 13.2 Å². The Labute approximate surface area is 155 Å². The minimum atomic E-state index is -4.05. The van der Waals surface area contributed by atoms with Gasteiger partial charge in [0.05, 0.1) is 29.1 Å². The van der Waals surface area contributed by atoms with Gasteiger partial charge in [0.1, 0.15) is 4.90 Å². The molecule has 1 aromatic heterocycles. The van der Waals surface area contributed by atoms with Gasteiger partial charge in [-0.25, -0.2) is 17.9 Å². The van der Waals surface area contributed by atoms with Gasteiger partial charge >= 0.3 is 5.97 Å². The molecule has 0 aliphatic heterocycles. The maximum absolute atomic E-state index is 12.8. The van der Waals surface area contributed by atoms with E-state index in [0.29, 0.717) is 11.4 Å². The van der Waals surface area contributed by atoms with Gasteiger partial charge in [0.15, 0.2) is 0 Å². The van der Waals surface area contributed by atoms with Gasteiger partial charge in [-0.2, -0.15) is 5.10 Å². The minimum Gasteiger partial charge on any atom is -0.465 e. The Morgan fingerprint density at radius 1 is 1.19 bits per heavy atom. The smallest absolute Gasteiger partial charge is 0.337 e. The molecule has 0 saturated heterocycles. The first kappa shape index (κ1) is 18.0. The Kier molecular flexibility index (Phi) is 4.97. The van der Waals surface area contributed by atoms with E-state index in [4.69, 9.17) is 11.6 Å². The van der Waals surface area contributed by atoms with Crippen molar-refractivity contribution in [2.75, 3.05) is 11.8 Å². The third-order valence-corrected chi connectivity index (χ3v) is 5.39. The number of nitrogens with zero attached hydrogens (tertiary/aromatic N) is 2. The molecular weight excluding hydrogens is 378 g/mol. The lowest BCUT2D eigenvalue weighted by Gasteiger charge is -2.14. The predicted molar refractivity (Wildman–Crippen MR) is 97.2 cm³/mol. The molecule has 0 fully saturated rings. The quantitative estimate of drug-likeness (QED) is 0.675. The van der Waals surface area contributed by atoms with Crippen molar-refractivity contribution in [3.8, 4) is 5.69 Å². The monoisotopic (exact) mass is 391 g/mol. The predicted octanol–water partition coefficient (Wildman–Crippen LogP) is 3.11. The Bertz CT molecular complexity index is 1050. The molecule has 1 N–H and O–H groups in total. The normalized spacial score (nSPS) is 11.2. The highest BCUT2D eigenvalue weighted by molar-refractivity contribution is 7.92. The summed E-state index contributed by atoms with van der Waals surface area (Å²) < 4.78 is 34.3. The van der Waals surface area contributed by atoms with Gasteiger partial charge in [-0.05, 0) is 36.4 Å². The van der Waals surface area contributed by atoms with Crippen LogP contribution in [0.1, 0.15) is 10.4 Å². The topological polar surface area (TPSA) is 90.3 Å². The number of nitrogens with one attached hydrogen (secondary N) is 1. The molecule has 134 valence electrons. The van der Waals surface area contributed by atoms with Crippen LogP contribution in [0.5, 0.6) is 0 Å². The number of ether oxygens (including phenoxy) is 1. The van der Waals surface area contributed by atoms with E-state index in [1.165, 1.54) is 30.0 Å². The zero-order valence-corrected chi connectivity index (χ0v) is 15.2. The summed E-state index contributed by atoms with van der Waals surface area (Å²) >= 11 is 6.05. The molecule has 3 rings (SSSR count). The van der Waals surface area contributed by atoms with Crippen molar-refractivity contribution in [1.82, 2.24) is 9.78 Å². The molecule has 0 aliphatic carbocycles. The van der Waals surface area contributed by atoms with E-state index >= 15 is 0 Å². The molecule has 0 amide bonds. The van der Waals surface area contributed by atoms with Crippen molar-refractivity contribution < 1.29 is 17.9 Å². The summed E-state index contributed by atoms with van der Waals surface area (Å²) in [6.07, 6.45) is 3.28. The number of hydrogen-bond donors (Lipinski definition) is 1. The third kappa shape index (κ3) is 3.56. The van der Waals surface area contributed by atoms with Crippen LogP contribution in [0, 0.1) is 0 Å². The van der Waals surface area contributed by atoms with Gasteiger partial charge in [0.25, 0.3) is 10.0 Å². The zero-order valence-electron chi connectivity index (χ0n) is 13.6. The van der Waals surface area contributed by atoms with Crippen molar-refractivity contribution >= 4 is 33.3 Å². The number of benzene rings is 2. The van der Waals surface area contributed by atoms with Crippen molar-refractivity contribution in [2.24, 2.45) is 0 Å². The molecule has 0 aliphatic rings. The van der Waals surface area contributed by atoms with Crippen LogP contribution < -0.4 is 4.72 Å². The fourth-order valence-electron chi connectivity index (χ4n) is 2.32. The Morgan fingerprint density at radius 3 is 2.65 bits per heavy atom. The molecule has 3 aromatic rings. The second kappa shape index (κ2) is 7.19. The van der Waals surface area contributed by atoms with Crippen molar-refractivity contribution in [3.63, 3.8) is 0 Å². The number of sulfonamides is 1. The maximum atomic E-state index is 12.8. The summed E-state index contributed by atoms with van der Waals surface area (Å²) in [6, 6.07) is 12.4. The lowest BCUT2D eigenvalue weighted by molar-refractivity contribution is 0.0600. The average molecular weight is 392 g/mol. The SMILES string of the molecule is COC(=O)c1ccc(Cl)c(S(=O)(=O)Nc2ccccc2-n2cccn2)c1. The van der Waals surface area contributed by atoms with Crippen molar-refractivity contribution in [1.29, 1.82) is 0 Å². The van der Waals surface area contributed by atoms with Gasteiger partial charge in [0, 0.05) is 12.4 Å². The van der Waals surface area contributed by atoms with Crippen LogP contribution >= 0.6 is 11.6 Å². The molecular formula is C17H14ClN3O4S. The van der Waals surface area contributed by atoms with Crippen LogP contribution in [0.3, 0.4) is 0 Å². The molecule has 0 unspecified atom stereocenters. The summed E-state index contributed by atoms with van der Waals surface area (Å²) in [5.41, 5.74) is 0.940. The van der Waals surface area contributed by atoms with Crippen LogP contribution in [0.25, 0.3) is 5.69 Å². The number of carbonyl (C=O) groups is 1. The van der Waals surface area contributed by atoms with Crippen LogP contribution in [0.4, 0.5) is 5.69 Å². The van der Waals surface area contributed by atoms with E-state index < -0.39 is 16.0 Å². The molecule has 9 heteroatoms. The van der Waals surface area contributed by atoms with Gasteiger partial charge in [-0.1, -0.05) is 23.7 Å². The first-order valence-electron chi connectivity index (χ1n) is 7.42. The lowest BCUT2D eigenvalue weighted by atomic mass is 10.2. The summed E-state index contributed by atoms with van der Waals surface area (Å²) in [4.78, 5) is 11.5. The van der Waals surface area contributed by atoms with E-state index in [1.807, 2.05) is 0 Å². The van der Waals surface area contributed by atoms with Crippen molar-refractivity contribution in [2.45, 2.75) is 4.90 Å². The number of para-hydroxylation sites is 2. The maximum Gasteiger partial charge on any atom is 0.337 e. The molecule has 0 spiro atoms. The molecule has 1 heterocycles. The second-order valence-corrected chi connectivity index (χ2v) is 7.27. The van der Waals surface area contributed by atoms with Gasteiger partial charge in [-0.3, -0.25) is 4.72 Å². The van der Waals surface area contributed by atoms with Gasteiger partial charge < -0.3 is 4.74 Å². The third-order valence-electron chi connectivity index (χ3n) is 3.54. The molecule has 0 saturated carbocycles. The number of hydrogen-bond acceptors (Lipinski definition) is 5. The number of anilines is 1. The van der Waals surface area contributed by atoms with Crippen molar-refractivity contribution in [3.05, 3.63) is 71.5 Å². The van der Waals surface area contributed by atoms with Crippen LogP contribution in [0.2, 0.25) is 5.02 Å². The Morgan fingerprint density at radius 2 is 1.96 bits per heavy atom. The molecule has 7 nitrogen and oxygen atoms in total.